The van der Waals surface area contributed by atoms with Gasteiger partial charge < -0.3 is 20.6 Å². The fourth-order valence-electron chi connectivity index (χ4n) is 4.92. The summed E-state index contributed by atoms with van der Waals surface area (Å²) in [4.78, 5) is 29.2. The van der Waals surface area contributed by atoms with Gasteiger partial charge in [-0.3, -0.25) is 14.5 Å². The number of amides is 2. The Morgan fingerprint density at radius 2 is 1.76 bits per heavy atom. The molecule has 0 aromatic heterocycles. The van der Waals surface area contributed by atoms with Gasteiger partial charge in [0, 0.05) is 53.5 Å². The molecule has 38 heavy (non-hydrogen) atoms. The third-order valence-electron chi connectivity index (χ3n) is 7.05. The first-order chi connectivity index (χ1) is 18.0. The van der Waals surface area contributed by atoms with Gasteiger partial charge in [-0.25, -0.2) is 8.78 Å². The van der Waals surface area contributed by atoms with E-state index in [0.717, 1.165) is 31.6 Å². The van der Waals surface area contributed by atoms with Crippen molar-refractivity contribution in [1.29, 1.82) is 0 Å². The molecule has 1 atom stereocenters. The van der Waals surface area contributed by atoms with Gasteiger partial charge in [0.15, 0.2) is 5.60 Å². The molecule has 2 aromatic rings. The first-order valence-corrected chi connectivity index (χ1v) is 13.4. The van der Waals surface area contributed by atoms with Crippen LogP contribution >= 0.6 is 34.8 Å². The molecule has 2 heterocycles. The van der Waals surface area contributed by atoms with Crippen molar-refractivity contribution in [2.24, 2.45) is 0 Å². The minimum atomic E-state index is -2.63. The normalized spacial score (nSPS) is 18.7. The number of nitrogens with one attached hydrogen (secondary N) is 2. The lowest BCUT2D eigenvalue weighted by Gasteiger charge is -2.48. The number of alkyl halides is 2. The number of carbonyl (C=O) groups excluding carboxylic acids is 2. The summed E-state index contributed by atoms with van der Waals surface area (Å²) in [6, 6.07) is 10.0. The van der Waals surface area contributed by atoms with E-state index < -0.39 is 30.4 Å². The van der Waals surface area contributed by atoms with Crippen LogP contribution < -0.4 is 10.6 Å². The standard InChI is InChI=1S/C26H29Cl3F2N4O3/c1-26(38,20-10-15(27)2-5-21(20)28)25(37)34-8-6-18(7-9-34)35-13-17(14-35)33-16-3-4-19(22(29)11-16)24(36)32-12-23(30)31/h2-5,10-11,17-18,23,33,38H,6-9,12-14H2,1H3,(H,32,36)/t26-/m0/s1. The van der Waals surface area contributed by atoms with Gasteiger partial charge >= 0.3 is 0 Å². The van der Waals surface area contributed by atoms with Crippen molar-refractivity contribution in [1.82, 2.24) is 15.1 Å². The van der Waals surface area contributed by atoms with E-state index in [4.69, 9.17) is 34.8 Å². The van der Waals surface area contributed by atoms with Crippen molar-refractivity contribution in [3.05, 3.63) is 62.6 Å². The van der Waals surface area contributed by atoms with E-state index in [1.165, 1.54) is 19.1 Å². The Kier molecular flexibility index (Phi) is 9.04. The predicted molar refractivity (Wildman–Crippen MR) is 144 cm³/mol. The lowest BCUT2D eigenvalue weighted by atomic mass is 9.92. The Morgan fingerprint density at radius 3 is 2.39 bits per heavy atom. The molecule has 0 spiro atoms. The minimum Gasteiger partial charge on any atom is -0.380 e. The van der Waals surface area contributed by atoms with Crippen molar-refractivity contribution in [2.75, 3.05) is 38.0 Å². The molecule has 206 valence electrons. The quantitative estimate of drug-likeness (QED) is 0.418. The van der Waals surface area contributed by atoms with Crippen LogP contribution in [0.2, 0.25) is 15.1 Å². The third-order valence-corrected chi connectivity index (χ3v) is 7.93. The van der Waals surface area contributed by atoms with Crippen LogP contribution in [0.25, 0.3) is 0 Å². The molecule has 2 aromatic carbocycles. The van der Waals surface area contributed by atoms with Crippen molar-refractivity contribution in [2.45, 2.75) is 43.9 Å². The van der Waals surface area contributed by atoms with Gasteiger partial charge in [-0.1, -0.05) is 34.8 Å². The number of piperidine rings is 1. The lowest BCUT2D eigenvalue weighted by molar-refractivity contribution is -0.152. The molecule has 0 bridgehead atoms. The van der Waals surface area contributed by atoms with E-state index in [9.17, 15) is 23.5 Å². The highest BCUT2D eigenvalue weighted by Crippen LogP contribution is 2.33. The SMILES string of the molecule is C[C@@](O)(C(=O)N1CCC(N2CC(Nc3ccc(C(=O)NCC(F)F)c(Cl)c3)C2)CC1)c1cc(Cl)ccc1Cl. The number of halogens is 5. The highest BCUT2D eigenvalue weighted by molar-refractivity contribution is 6.34. The van der Waals surface area contributed by atoms with Crippen LogP contribution in [0.4, 0.5) is 14.5 Å². The van der Waals surface area contributed by atoms with Gasteiger partial charge in [0.25, 0.3) is 18.2 Å². The molecule has 2 saturated heterocycles. The molecule has 2 aliphatic heterocycles. The van der Waals surface area contributed by atoms with E-state index in [0.29, 0.717) is 24.2 Å². The summed E-state index contributed by atoms with van der Waals surface area (Å²) in [7, 11) is 0. The molecule has 0 radical (unpaired) electrons. The number of likely N-dealkylation sites (tertiary alicyclic amines) is 2. The van der Waals surface area contributed by atoms with Crippen molar-refractivity contribution >= 4 is 52.3 Å². The van der Waals surface area contributed by atoms with Crippen LogP contribution in [0.15, 0.2) is 36.4 Å². The largest absolute Gasteiger partial charge is 0.380 e. The first-order valence-electron chi connectivity index (χ1n) is 12.3. The smallest absolute Gasteiger partial charge is 0.258 e. The number of hydrogen-bond donors (Lipinski definition) is 3. The topological polar surface area (TPSA) is 84.9 Å². The van der Waals surface area contributed by atoms with Gasteiger partial charge in [0.2, 0.25) is 0 Å². The van der Waals surface area contributed by atoms with E-state index in [2.05, 4.69) is 15.5 Å². The van der Waals surface area contributed by atoms with Crippen LogP contribution in [0.3, 0.4) is 0 Å². The first kappa shape index (κ1) is 28.8. The Labute approximate surface area is 235 Å². The molecule has 3 N–H and O–H groups in total. The van der Waals surface area contributed by atoms with Crippen LogP contribution in [-0.4, -0.2) is 78.0 Å². The number of rotatable bonds is 8. The molecule has 0 saturated carbocycles. The lowest BCUT2D eigenvalue weighted by Crippen LogP contribution is -2.61. The number of carbonyl (C=O) groups is 2. The molecule has 7 nitrogen and oxygen atoms in total. The number of anilines is 1. The average molecular weight is 590 g/mol. The number of hydrogen-bond acceptors (Lipinski definition) is 5. The Hall–Kier alpha value is -2.17. The minimum absolute atomic E-state index is 0.144. The summed E-state index contributed by atoms with van der Waals surface area (Å²) < 4.78 is 24.6. The van der Waals surface area contributed by atoms with E-state index in [1.54, 1.807) is 29.2 Å². The zero-order chi connectivity index (χ0) is 27.6. The molecular formula is C26H29Cl3F2N4O3. The molecule has 2 aliphatic rings. The van der Waals surface area contributed by atoms with Crippen LogP contribution in [0, 0.1) is 0 Å². The third kappa shape index (κ3) is 6.51. The summed E-state index contributed by atoms with van der Waals surface area (Å²) in [5.41, 5.74) is -0.600. The maximum Gasteiger partial charge on any atom is 0.258 e. The summed E-state index contributed by atoms with van der Waals surface area (Å²) in [6.07, 6.45) is -1.06. The van der Waals surface area contributed by atoms with Gasteiger partial charge in [-0.15, -0.1) is 0 Å². The fraction of sp³-hybridized carbons (Fsp3) is 0.462. The second-order valence-corrected chi connectivity index (χ2v) is 11.1. The zero-order valence-electron chi connectivity index (χ0n) is 20.7. The Bertz CT molecular complexity index is 1190. The summed E-state index contributed by atoms with van der Waals surface area (Å²) in [5.74, 6) is -1.04. The van der Waals surface area contributed by atoms with Gasteiger partial charge in [0.05, 0.1) is 23.2 Å². The van der Waals surface area contributed by atoms with Gasteiger partial charge in [0.1, 0.15) is 0 Å². The summed E-state index contributed by atoms with van der Waals surface area (Å²) >= 11 is 18.5. The van der Waals surface area contributed by atoms with E-state index >= 15 is 0 Å². The molecule has 4 rings (SSSR count). The van der Waals surface area contributed by atoms with Gasteiger partial charge in [-0.05, 0) is 56.2 Å². The van der Waals surface area contributed by atoms with Crippen LogP contribution in [0.1, 0.15) is 35.7 Å². The molecular weight excluding hydrogens is 561 g/mol. The van der Waals surface area contributed by atoms with Crippen molar-refractivity contribution < 1.29 is 23.5 Å². The molecule has 12 heteroatoms. The molecule has 0 unspecified atom stereocenters. The van der Waals surface area contributed by atoms with Crippen LogP contribution in [-0.2, 0) is 10.4 Å². The summed E-state index contributed by atoms with van der Waals surface area (Å²) in [5, 5.41) is 17.4. The monoisotopic (exact) mass is 588 g/mol. The predicted octanol–water partition coefficient (Wildman–Crippen LogP) is 4.64. The second-order valence-electron chi connectivity index (χ2n) is 9.81. The highest BCUT2D eigenvalue weighted by Gasteiger charge is 2.41. The second kappa shape index (κ2) is 11.9. The van der Waals surface area contributed by atoms with Gasteiger partial charge in [-0.2, -0.15) is 0 Å². The maximum absolute atomic E-state index is 13.1. The van der Waals surface area contributed by atoms with Crippen molar-refractivity contribution in [3.63, 3.8) is 0 Å². The van der Waals surface area contributed by atoms with Crippen LogP contribution in [0.5, 0.6) is 0 Å². The Morgan fingerprint density at radius 1 is 1.08 bits per heavy atom. The molecule has 2 amide bonds. The van der Waals surface area contributed by atoms with E-state index in [-0.39, 0.29) is 27.2 Å². The average Bonchev–Trinajstić information content (AvgIpc) is 2.85. The number of nitrogens with zero attached hydrogens (tertiary/aromatic N) is 2. The zero-order valence-corrected chi connectivity index (χ0v) is 23.0. The highest BCUT2D eigenvalue weighted by atomic mass is 35.5. The maximum atomic E-state index is 13.1. The number of benzene rings is 2. The fourth-order valence-corrected chi connectivity index (χ4v) is 5.66. The van der Waals surface area contributed by atoms with Crippen molar-refractivity contribution in [3.8, 4) is 0 Å². The molecule has 2 fully saturated rings. The molecule has 0 aliphatic carbocycles. The summed E-state index contributed by atoms with van der Waals surface area (Å²) in [6.45, 7) is 3.38. The Balaban J connectivity index is 1.25. The number of aliphatic hydroxyl groups is 1. The van der Waals surface area contributed by atoms with E-state index in [1.807, 2.05) is 0 Å².